The molecule has 1 heterocycles. The number of rotatable bonds is 3. The van der Waals surface area contributed by atoms with E-state index >= 15 is 0 Å². The van der Waals surface area contributed by atoms with Crippen LogP contribution < -0.4 is 10.7 Å². The Bertz CT molecular complexity index is 662. The summed E-state index contributed by atoms with van der Waals surface area (Å²) in [5.74, 6) is 5.82. The summed E-state index contributed by atoms with van der Waals surface area (Å²) in [4.78, 5) is 2.29. The molecule has 2 aromatic carbocycles. The molecule has 1 fully saturated rings. The zero-order valence-electron chi connectivity index (χ0n) is 12.3. The fraction of sp³-hybridized carbons (Fsp3) is 0.235. The number of hydrazone groups is 1. The summed E-state index contributed by atoms with van der Waals surface area (Å²) in [7, 11) is 0. The van der Waals surface area contributed by atoms with Crippen LogP contribution in [0.15, 0.2) is 53.6 Å². The van der Waals surface area contributed by atoms with Crippen LogP contribution in [0.3, 0.4) is 0 Å². The topological polar surface area (TPSA) is 71.1 Å². The number of phenolic OH excluding ortho intramolecular Hbond substituents is 1. The van der Waals surface area contributed by atoms with Crippen molar-refractivity contribution in [3.05, 3.63) is 59.7 Å². The van der Waals surface area contributed by atoms with E-state index in [0.29, 0.717) is 5.71 Å². The van der Waals surface area contributed by atoms with Crippen LogP contribution in [0.2, 0.25) is 0 Å². The highest BCUT2D eigenvalue weighted by atomic mass is 16.5. The zero-order valence-corrected chi connectivity index (χ0v) is 12.3. The maximum Gasteiger partial charge on any atom is 0.115 e. The summed E-state index contributed by atoms with van der Waals surface area (Å²) in [6, 6.07) is 15.0. The van der Waals surface area contributed by atoms with Crippen molar-refractivity contribution in [1.82, 2.24) is 0 Å². The van der Waals surface area contributed by atoms with Gasteiger partial charge in [0.05, 0.1) is 18.9 Å². The Balaban J connectivity index is 1.91. The van der Waals surface area contributed by atoms with E-state index in [0.717, 1.165) is 43.1 Å². The quantitative estimate of drug-likeness (QED) is 0.516. The highest BCUT2D eigenvalue weighted by molar-refractivity contribution is 6.13. The van der Waals surface area contributed by atoms with Crippen LogP contribution in [0.5, 0.6) is 5.75 Å². The molecule has 0 radical (unpaired) electrons. The number of aromatic hydroxyl groups is 1. The zero-order chi connectivity index (χ0) is 15.4. The second-order valence-electron chi connectivity index (χ2n) is 5.17. The van der Waals surface area contributed by atoms with Gasteiger partial charge in [0.1, 0.15) is 5.75 Å². The summed E-state index contributed by atoms with van der Waals surface area (Å²) in [5, 5.41) is 13.3. The first-order valence-electron chi connectivity index (χ1n) is 7.28. The summed E-state index contributed by atoms with van der Waals surface area (Å²) in [5.41, 5.74) is 3.67. The van der Waals surface area contributed by atoms with Crippen LogP contribution in [0.1, 0.15) is 11.1 Å². The lowest BCUT2D eigenvalue weighted by Crippen LogP contribution is -2.36. The Morgan fingerprint density at radius 1 is 1.05 bits per heavy atom. The van der Waals surface area contributed by atoms with E-state index in [4.69, 9.17) is 10.6 Å². The fourth-order valence-electron chi connectivity index (χ4n) is 2.61. The van der Waals surface area contributed by atoms with Crippen molar-refractivity contribution >= 4 is 11.4 Å². The predicted octanol–water partition coefficient (Wildman–Crippen LogP) is 1.94. The maximum absolute atomic E-state index is 9.41. The molecule has 0 spiro atoms. The highest BCUT2D eigenvalue weighted by Gasteiger charge is 2.13. The smallest absolute Gasteiger partial charge is 0.115 e. The minimum absolute atomic E-state index is 0.224. The van der Waals surface area contributed by atoms with Crippen molar-refractivity contribution in [3.8, 4) is 5.75 Å². The van der Waals surface area contributed by atoms with Gasteiger partial charge >= 0.3 is 0 Å². The summed E-state index contributed by atoms with van der Waals surface area (Å²) in [6.07, 6.45) is 0. The van der Waals surface area contributed by atoms with Crippen LogP contribution in [0.25, 0.3) is 0 Å². The molecular weight excluding hydrogens is 278 g/mol. The predicted molar refractivity (Wildman–Crippen MR) is 87.4 cm³/mol. The summed E-state index contributed by atoms with van der Waals surface area (Å²) < 4.78 is 5.39. The lowest BCUT2D eigenvalue weighted by atomic mass is 10.0. The van der Waals surface area contributed by atoms with Crippen LogP contribution in [-0.4, -0.2) is 37.1 Å². The third-order valence-corrected chi connectivity index (χ3v) is 3.77. The summed E-state index contributed by atoms with van der Waals surface area (Å²) >= 11 is 0. The Kier molecular flexibility index (Phi) is 4.25. The number of phenols is 1. The highest BCUT2D eigenvalue weighted by Crippen LogP contribution is 2.21. The molecule has 3 N–H and O–H groups in total. The van der Waals surface area contributed by atoms with Crippen LogP contribution in [0, 0.1) is 0 Å². The van der Waals surface area contributed by atoms with E-state index in [1.807, 2.05) is 24.3 Å². The van der Waals surface area contributed by atoms with Crippen molar-refractivity contribution in [1.29, 1.82) is 0 Å². The average Bonchev–Trinajstić information content (AvgIpc) is 2.58. The number of nitrogens with zero attached hydrogens (tertiary/aromatic N) is 2. The molecule has 0 bridgehead atoms. The lowest BCUT2D eigenvalue weighted by Gasteiger charge is -2.29. The molecule has 1 aliphatic heterocycles. The maximum atomic E-state index is 9.41. The molecule has 0 aromatic heterocycles. The monoisotopic (exact) mass is 297 g/mol. The molecule has 5 nitrogen and oxygen atoms in total. The van der Waals surface area contributed by atoms with E-state index in [-0.39, 0.29) is 5.75 Å². The number of ether oxygens (including phenoxy) is 1. The minimum atomic E-state index is 0.224. The molecule has 0 unspecified atom stereocenters. The normalized spacial score (nSPS) is 15.8. The molecule has 0 atom stereocenters. The number of hydrogen-bond acceptors (Lipinski definition) is 5. The number of anilines is 1. The largest absolute Gasteiger partial charge is 0.508 e. The molecule has 1 saturated heterocycles. The molecule has 0 aliphatic carbocycles. The number of morpholine rings is 1. The number of benzene rings is 2. The molecule has 1 aliphatic rings. The fourth-order valence-corrected chi connectivity index (χ4v) is 2.61. The van der Waals surface area contributed by atoms with Gasteiger partial charge in [-0.3, -0.25) is 0 Å². The van der Waals surface area contributed by atoms with Gasteiger partial charge in [-0.15, -0.1) is 0 Å². The molecule has 5 heteroatoms. The van der Waals surface area contributed by atoms with Crippen molar-refractivity contribution < 1.29 is 9.84 Å². The van der Waals surface area contributed by atoms with Gasteiger partial charge in [0, 0.05) is 29.9 Å². The van der Waals surface area contributed by atoms with Gasteiger partial charge in [0.15, 0.2) is 0 Å². The number of hydrogen-bond donors (Lipinski definition) is 2. The number of nitrogens with two attached hydrogens (primary N) is 1. The first kappa shape index (κ1) is 14.4. The second-order valence-corrected chi connectivity index (χ2v) is 5.17. The third-order valence-electron chi connectivity index (χ3n) is 3.77. The standard InChI is InChI=1S/C17H19N3O2/c18-19-17(13-4-6-16(21)7-5-13)14-2-1-3-15(12-14)20-8-10-22-11-9-20/h1-7,12,21H,8-11,18H2/b19-17+. The van der Waals surface area contributed by atoms with Gasteiger partial charge in [-0.2, -0.15) is 5.10 Å². The molecule has 0 saturated carbocycles. The van der Waals surface area contributed by atoms with Crippen molar-refractivity contribution in [2.24, 2.45) is 10.9 Å². The van der Waals surface area contributed by atoms with E-state index in [2.05, 4.69) is 22.1 Å². The van der Waals surface area contributed by atoms with E-state index in [1.165, 1.54) is 0 Å². The van der Waals surface area contributed by atoms with E-state index < -0.39 is 0 Å². The summed E-state index contributed by atoms with van der Waals surface area (Å²) in [6.45, 7) is 3.27. The molecular formula is C17H19N3O2. The SMILES string of the molecule is N/N=C(\c1ccc(O)cc1)c1cccc(N2CCOCC2)c1. The van der Waals surface area contributed by atoms with Crippen molar-refractivity contribution in [2.45, 2.75) is 0 Å². The van der Waals surface area contributed by atoms with Crippen LogP contribution >= 0.6 is 0 Å². The molecule has 2 aromatic rings. The Hall–Kier alpha value is -2.53. The molecule has 0 amide bonds. The Morgan fingerprint density at radius 3 is 2.45 bits per heavy atom. The minimum Gasteiger partial charge on any atom is -0.508 e. The lowest BCUT2D eigenvalue weighted by molar-refractivity contribution is 0.122. The van der Waals surface area contributed by atoms with Crippen LogP contribution in [0.4, 0.5) is 5.69 Å². The van der Waals surface area contributed by atoms with Gasteiger partial charge in [0.25, 0.3) is 0 Å². The second kappa shape index (κ2) is 6.49. The van der Waals surface area contributed by atoms with Gasteiger partial charge in [0.2, 0.25) is 0 Å². The Morgan fingerprint density at radius 2 is 1.77 bits per heavy atom. The average molecular weight is 297 g/mol. The third kappa shape index (κ3) is 3.04. The van der Waals surface area contributed by atoms with Crippen molar-refractivity contribution in [2.75, 3.05) is 31.2 Å². The molecule has 3 rings (SSSR count). The van der Waals surface area contributed by atoms with E-state index in [1.54, 1.807) is 12.1 Å². The van der Waals surface area contributed by atoms with Crippen molar-refractivity contribution in [3.63, 3.8) is 0 Å². The van der Waals surface area contributed by atoms with E-state index in [9.17, 15) is 5.11 Å². The van der Waals surface area contributed by atoms with Crippen LogP contribution in [-0.2, 0) is 4.74 Å². The first-order valence-corrected chi connectivity index (χ1v) is 7.28. The van der Waals surface area contributed by atoms with Gasteiger partial charge in [-0.05, 0) is 36.4 Å². The molecule has 114 valence electrons. The first-order chi connectivity index (χ1) is 10.8. The van der Waals surface area contributed by atoms with Gasteiger partial charge in [-0.25, -0.2) is 0 Å². The van der Waals surface area contributed by atoms with Gasteiger partial charge < -0.3 is 20.6 Å². The molecule has 22 heavy (non-hydrogen) atoms. The Labute approximate surface area is 129 Å². The van der Waals surface area contributed by atoms with Gasteiger partial charge in [-0.1, -0.05) is 12.1 Å².